The van der Waals surface area contributed by atoms with Gasteiger partial charge in [0.2, 0.25) is 0 Å². The summed E-state index contributed by atoms with van der Waals surface area (Å²) in [5, 5.41) is 0. The number of carbonyl (C=O) groups excluding carboxylic acids is 1. The maximum atomic E-state index is 12.7. The smallest absolute Gasteiger partial charge is 0.275 e. The summed E-state index contributed by atoms with van der Waals surface area (Å²) in [6, 6.07) is 12.1. The molecule has 1 heterocycles. The Labute approximate surface area is 124 Å². The molecule has 0 radical (unpaired) electrons. The van der Waals surface area contributed by atoms with Gasteiger partial charge in [0, 0.05) is 18.8 Å². The Kier molecular flexibility index (Phi) is 3.60. The van der Waals surface area contributed by atoms with E-state index in [1.54, 1.807) is 18.3 Å². The summed E-state index contributed by atoms with van der Waals surface area (Å²) in [6.07, 6.45) is 3.73. The predicted octanol–water partition coefficient (Wildman–Crippen LogP) is 2.78. The Bertz CT molecular complexity index is 647. The molecule has 1 aromatic heterocycles. The third kappa shape index (κ3) is 3.05. The van der Waals surface area contributed by atoms with Crippen molar-refractivity contribution in [2.45, 2.75) is 32.4 Å². The van der Waals surface area contributed by atoms with Crippen LogP contribution in [0.3, 0.4) is 0 Å². The first-order valence-electron chi connectivity index (χ1n) is 7.22. The summed E-state index contributed by atoms with van der Waals surface area (Å²) >= 11 is 0. The van der Waals surface area contributed by atoms with Crippen LogP contribution in [0.2, 0.25) is 0 Å². The number of anilines is 1. The van der Waals surface area contributed by atoms with Crippen LogP contribution in [0.1, 0.15) is 34.5 Å². The highest BCUT2D eigenvalue weighted by Gasteiger charge is 2.34. The molecule has 1 amide bonds. The number of rotatable bonds is 4. The largest absolute Gasteiger partial charge is 0.397 e. The molecule has 0 unspecified atom stereocenters. The Morgan fingerprint density at radius 2 is 2.00 bits per heavy atom. The Hall–Kier alpha value is -2.36. The minimum atomic E-state index is -0.0730. The van der Waals surface area contributed by atoms with Crippen LogP contribution >= 0.6 is 0 Å². The van der Waals surface area contributed by atoms with Gasteiger partial charge in [-0.05, 0) is 37.5 Å². The first-order valence-corrected chi connectivity index (χ1v) is 7.22. The zero-order valence-corrected chi connectivity index (χ0v) is 12.1. The Morgan fingerprint density at radius 1 is 1.29 bits per heavy atom. The quantitative estimate of drug-likeness (QED) is 0.937. The minimum absolute atomic E-state index is 0.0730. The lowest BCUT2D eigenvalue weighted by Gasteiger charge is -2.22. The van der Waals surface area contributed by atoms with E-state index in [0.717, 1.165) is 18.4 Å². The molecule has 0 atom stereocenters. The molecule has 2 N–H and O–H groups in total. The number of pyridine rings is 1. The van der Waals surface area contributed by atoms with Gasteiger partial charge in [0.1, 0.15) is 0 Å². The molecule has 1 aliphatic carbocycles. The minimum Gasteiger partial charge on any atom is -0.397 e. The van der Waals surface area contributed by atoms with Gasteiger partial charge in [-0.1, -0.05) is 29.8 Å². The van der Waals surface area contributed by atoms with E-state index >= 15 is 0 Å². The van der Waals surface area contributed by atoms with Crippen molar-refractivity contribution in [3.8, 4) is 0 Å². The molecule has 21 heavy (non-hydrogen) atoms. The monoisotopic (exact) mass is 281 g/mol. The molecule has 2 aromatic rings. The van der Waals surface area contributed by atoms with Crippen LogP contribution in [0.15, 0.2) is 42.6 Å². The number of aryl methyl sites for hydroxylation is 1. The van der Waals surface area contributed by atoms with Crippen molar-refractivity contribution < 1.29 is 4.79 Å². The third-order valence-corrected chi connectivity index (χ3v) is 3.76. The molecule has 0 spiro atoms. The topological polar surface area (TPSA) is 59.2 Å². The molecule has 1 fully saturated rings. The fraction of sp³-hybridized carbons (Fsp3) is 0.294. The molecule has 108 valence electrons. The number of amides is 1. The third-order valence-electron chi connectivity index (χ3n) is 3.76. The average molecular weight is 281 g/mol. The number of nitrogen functional groups attached to an aromatic ring is 1. The van der Waals surface area contributed by atoms with Crippen molar-refractivity contribution in [3.05, 3.63) is 59.4 Å². The second-order valence-corrected chi connectivity index (χ2v) is 5.59. The van der Waals surface area contributed by atoms with Crippen molar-refractivity contribution in [3.63, 3.8) is 0 Å². The molecule has 0 saturated heterocycles. The summed E-state index contributed by atoms with van der Waals surface area (Å²) in [7, 11) is 0. The summed E-state index contributed by atoms with van der Waals surface area (Å²) in [5.74, 6) is -0.0730. The van der Waals surface area contributed by atoms with Crippen LogP contribution < -0.4 is 5.73 Å². The molecule has 4 nitrogen and oxygen atoms in total. The summed E-state index contributed by atoms with van der Waals surface area (Å²) in [6.45, 7) is 2.67. The summed E-state index contributed by atoms with van der Waals surface area (Å²) in [4.78, 5) is 18.7. The highest BCUT2D eigenvalue weighted by Crippen LogP contribution is 2.30. The Balaban J connectivity index is 1.83. The van der Waals surface area contributed by atoms with E-state index < -0.39 is 0 Å². The van der Waals surface area contributed by atoms with E-state index in [0.29, 0.717) is 24.0 Å². The highest BCUT2D eigenvalue weighted by atomic mass is 16.2. The van der Waals surface area contributed by atoms with E-state index in [1.165, 1.54) is 5.56 Å². The second kappa shape index (κ2) is 5.56. The predicted molar refractivity (Wildman–Crippen MR) is 82.7 cm³/mol. The number of hydrogen-bond acceptors (Lipinski definition) is 3. The van der Waals surface area contributed by atoms with Crippen LogP contribution in [0.25, 0.3) is 0 Å². The van der Waals surface area contributed by atoms with Gasteiger partial charge in [0.15, 0.2) is 5.69 Å². The standard InChI is InChI=1S/C17H19N3O/c1-12-4-6-13(7-5-12)11-20(14-8-9-14)17(21)16-15(18)3-2-10-19-16/h2-7,10,14H,8-9,11,18H2,1H3. The van der Waals surface area contributed by atoms with Crippen molar-refractivity contribution >= 4 is 11.6 Å². The van der Waals surface area contributed by atoms with Gasteiger partial charge in [-0.25, -0.2) is 4.98 Å². The fourth-order valence-corrected chi connectivity index (χ4v) is 2.38. The molecular weight excluding hydrogens is 262 g/mol. The van der Waals surface area contributed by atoms with E-state index in [1.807, 2.05) is 4.90 Å². The average Bonchev–Trinajstić information content (AvgIpc) is 3.31. The van der Waals surface area contributed by atoms with Gasteiger partial charge in [0.25, 0.3) is 5.91 Å². The van der Waals surface area contributed by atoms with Crippen LogP contribution in [-0.2, 0) is 6.54 Å². The molecule has 1 saturated carbocycles. The molecule has 0 aliphatic heterocycles. The first kappa shape index (κ1) is 13.6. The number of hydrogen-bond donors (Lipinski definition) is 1. The van der Waals surface area contributed by atoms with Crippen molar-refractivity contribution in [2.24, 2.45) is 0 Å². The zero-order chi connectivity index (χ0) is 14.8. The van der Waals surface area contributed by atoms with E-state index in [4.69, 9.17) is 5.73 Å². The molecule has 1 aliphatic rings. The summed E-state index contributed by atoms with van der Waals surface area (Å²) < 4.78 is 0. The van der Waals surface area contributed by atoms with Crippen LogP contribution in [0, 0.1) is 6.92 Å². The number of benzene rings is 1. The maximum absolute atomic E-state index is 12.7. The van der Waals surface area contributed by atoms with Crippen molar-refractivity contribution in [1.82, 2.24) is 9.88 Å². The van der Waals surface area contributed by atoms with Gasteiger partial charge in [-0.15, -0.1) is 0 Å². The van der Waals surface area contributed by atoms with Crippen molar-refractivity contribution in [2.75, 3.05) is 5.73 Å². The van der Waals surface area contributed by atoms with Gasteiger partial charge in [-0.2, -0.15) is 0 Å². The fourth-order valence-electron chi connectivity index (χ4n) is 2.38. The Morgan fingerprint density at radius 3 is 2.62 bits per heavy atom. The lowest BCUT2D eigenvalue weighted by Crippen LogP contribution is -2.33. The number of carbonyl (C=O) groups is 1. The molecule has 3 rings (SSSR count). The van der Waals surface area contributed by atoms with Crippen molar-refractivity contribution in [1.29, 1.82) is 0 Å². The molecule has 4 heteroatoms. The first-order chi connectivity index (χ1) is 10.1. The lowest BCUT2D eigenvalue weighted by atomic mass is 10.1. The number of aromatic nitrogens is 1. The van der Waals surface area contributed by atoms with Crippen LogP contribution in [0.5, 0.6) is 0 Å². The van der Waals surface area contributed by atoms with Gasteiger partial charge in [-0.3, -0.25) is 4.79 Å². The van der Waals surface area contributed by atoms with Gasteiger partial charge < -0.3 is 10.6 Å². The van der Waals surface area contributed by atoms with E-state index in [-0.39, 0.29) is 5.91 Å². The normalized spacial score (nSPS) is 14.0. The SMILES string of the molecule is Cc1ccc(CN(C(=O)c2ncccc2N)C2CC2)cc1. The second-order valence-electron chi connectivity index (χ2n) is 5.59. The zero-order valence-electron chi connectivity index (χ0n) is 12.1. The number of nitrogens with two attached hydrogens (primary N) is 1. The van der Waals surface area contributed by atoms with E-state index in [9.17, 15) is 4.79 Å². The van der Waals surface area contributed by atoms with Gasteiger partial charge >= 0.3 is 0 Å². The molecular formula is C17H19N3O. The number of nitrogens with zero attached hydrogens (tertiary/aromatic N) is 2. The van der Waals surface area contributed by atoms with E-state index in [2.05, 4.69) is 36.2 Å². The van der Waals surface area contributed by atoms with Gasteiger partial charge in [0.05, 0.1) is 5.69 Å². The summed E-state index contributed by atoms with van der Waals surface area (Å²) in [5.41, 5.74) is 9.04. The van der Waals surface area contributed by atoms with Crippen LogP contribution in [-0.4, -0.2) is 21.8 Å². The highest BCUT2D eigenvalue weighted by molar-refractivity contribution is 5.97. The maximum Gasteiger partial charge on any atom is 0.275 e. The van der Waals surface area contributed by atoms with Crippen LogP contribution in [0.4, 0.5) is 5.69 Å². The molecule has 1 aromatic carbocycles. The lowest BCUT2D eigenvalue weighted by molar-refractivity contribution is 0.0725. The molecule has 0 bridgehead atoms.